The topological polar surface area (TPSA) is 58.6 Å². The molecule has 5 nitrogen and oxygen atoms in total. The summed E-state index contributed by atoms with van der Waals surface area (Å²) >= 11 is 0. The predicted molar refractivity (Wildman–Crippen MR) is 74.1 cm³/mol. The smallest absolute Gasteiger partial charge is 0.248 e. The van der Waals surface area contributed by atoms with Crippen molar-refractivity contribution in [2.45, 2.75) is 62.5 Å². The Morgan fingerprint density at radius 2 is 1.80 bits per heavy atom. The van der Waals surface area contributed by atoms with Gasteiger partial charge >= 0.3 is 0 Å². The number of hydrogen-bond acceptors (Lipinski definition) is 3. The van der Waals surface area contributed by atoms with Crippen molar-refractivity contribution in [2.24, 2.45) is 0 Å². The maximum absolute atomic E-state index is 12.8. The Balaban J connectivity index is 1.76. The van der Waals surface area contributed by atoms with Crippen molar-refractivity contribution in [3.05, 3.63) is 0 Å². The Morgan fingerprint density at radius 1 is 1.10 bits per heavy atom. The number of carbonyl (C=O) groups is 2. The molecule has 2 amide bonds. The molecule has 20 heavy (non-hydrogen) atoms. The van der Waals surface area contributed by atoms with Crippen molar-refractivity contribution in [1.29, 1.82) is 0 Å². The van der Waals surface area contributed by atoms with E-state index in [0.29, 0.717) is 6.54 Å². The lowest BCUT2D eigenvalue weighted by Crippen LogP contribution is -2.69. The third-order valence-electron chi connectivity index (χ3n) is 5.29. The first-order valence-electron chi connectivity index (χ1n) is 7.75. The van der Waals surface area contributed by atoms with Gasteiger partial charge in [-0.15, -0.1) is 0 Å². The molecule has 0 bridgehead atoms. The van der Waals surface area contributed by atoms with Gasteiger partial charge < -0.3 is 15.0 Å². The Bertz CT molecular complexity index is 406. The summed E-state index contributed by atoms with van der Waals surface area (Å²) in [6.45, 7) is 0.753. The van der Waals surface area contributed by atoms with E-state index in [1.54, 1.807) is 12.0 Å². The molecule has 1 N–H and O–H groups in total. The first-order chi connectivity index (χ1) is 9.59. The quantitative estimate of drug-likeness (QED) is 0.845. The molecule has 1 aliphatic heterocycles. The van der Waals surface area contributed by atoms with Crippen molar-refractivity contribution in [3.8, 4) is 0 Å². The van der Waals surface area contributed by atoms with Crippen LogP contribution in [0.15, 0.2) is 0 Å². The highest BCUT2D eigenvalue weighted by molar-refractivity contribution is 5.98. The monoisotopic (exact) mass is 280 g/mol. The molecule has 0 atom stereocenters. The van der Waals surface area contributed by atoms with Gasteiger partial charge in [0.25, 0.3) is 0 Å². The van der Waals surface area contributed by atoms with Gasteiger partial charge in [-0.2, -0.15) is 0 Å². The highest BCUT2D eigenvalue weighted by Crippen LogP contribution is 2.38. The number of hydrogen-bond donors (Lipinski definition) is 1. The second-order valence-corrected chi connectivity index (χ2v) is 6.59. The summed E-state index contributed by atoms with van der Waals surface area (Å²) in [5.74, 6) is 0.0946. The average molecular weight is 280 g/mol. The van der Waals surface area contributed by atoms with Crippen molar-refractivity contribution in [3.63, 3.8) is 0 Å². The molecule has 0 radical (unpaired) electrons. The number of ether oxygens (including phenoxy) is 1. The third-order valence-corrected chi connectivity index (χ3v) is 5.29. The van der Waals surface area contributed by atoms with E-state index in [0.717, 1.165) is 51.4 Å². The molecule has 2 saturated carbocycles. The first kappa shape index (κ1) is 13.9. The van der Waals surface area contributed by atoms with Gasteiger partial charge in [-0.1, -0.05) is 19.3 Å². The molecule has 0 unspecified atom stereocenters. The number of amides is 2. The van der Waals surface area contributed by atoms with Crippen LogP contribution >= 0.6 is 0 Å². The Labute approximate surface area is 120 Å². The number of piperazine rings is 1. The van der Waals surface area contributed by atoms with Gasteiger partial charge in [-0.05, 0) is 32.1 Å². The van der Waals surface area contributed by atoms with Crippen LogP contribution < -0.4 is 5.32 Å². The summed E-state index contributed by atoms with van der Waals surface area (Å²) in [5, 5.41) is 2.98. The minimum atomic E-state index is -0.619. The van der Waals surface area contributed by atoms with Crippen LogP contribution in [0.3, 0.4) is 0 Å². The predicted octanol–water partition coefficient (Wildman–Crippen LogP) is 1.22. The van der Waals surface area contributed by atoms with E-state index in [1.165, 1.54) is 0 Å². The molecule has 1 saturated heterocycles. The molecule has 3 fully saturated rings. The minimum Gasteiger partial charge on any atom is -0.376 e. The van der Waals surface area contributed by atoms with Crippen LogP contribution in [-0.2, 0) is 14.3 Å². The minimum absolute atomic E-state index is 0.0166. The lowest BCUT2D eigenvalue weighted by Gasteiger charge is -2.49. The maximum Gasteiger partial charge on any atom is 0.248 e. The number of methoxy groups -OCH3 is 1. The molecule has 3 aliphatic rings. The van der Waals surface area contributed by atoms with E-state index >= 15 is 0 Å². The van der Waals surface area contributed by atoms with Crippen LogP contribution in [0.25, 0.3) is 0 Å². The second kappa shape index (κ2) is 5.02. The van der Waals surface area contributed by atoms with Gasteiger partial charge in [-0.3, -0.25) is 9.59 Å². The number of carbonyl (C=O) groups excluding carboxylic acids is 2. The molecular formula is C15H24N2O3. The SMILES string of the molecule is COC1(CN2CC(=O)NC3(CCCCC3)C2=O)CCC1. The summed E-state index contributed by atoms with van der Waals surface area (Å²) < 4.78 is 5.61. The van der Waals surface area contributed by atoms with Crippen LogP contribution in [0.4, 0.5) is 0 Å². The zero-order valence-electron chi connectivity index (χ0n) is 12.2. The highest BCUT2D eigenvalue weighted by Gasteiger charge is 2.49. The van der Waals surface area contributed by atoms with Gasteiger partial charge in [0.2, 0.25) is 11.8 Å². The summed E-state index contributed by atoms with van der Waals surface area (Å²) in [7, 11) is 1.71. The van der Waals surface area contributed by atoms with Crippen LogP contribution in [0, 0.1) is 0 Å². The summed E-state index contributed by atoms with van der Waals surface area (Å²) in [5.41, 5.74) is -0.824. The molecule has 5 heteroatoms. The highest BCUT2D eigenvalue weighted by atomic mass is 16.5. The molecule has 1 heterocycles. The molecule has 112 valence electrons. The number of rotatable bonds is 3. The zero-order chi connectivity index (χ0) is 14.2. The van der Waals surface area contributed by atoms with Crippen LogP contribution in [0.5, 0.6) is 0 Å². The van der Waals surface area contributed by atoms with Crippen molar-refractivity contribution < 1.29 is 14.3 Å². The Kier molecular flexibility index (Phi) is 3.48. The third kappa shape index (κ3) is 2.22. The van der Waals surface area contributed by atoms with Crippen molar-refractivity contribution in [2.75, 3.05) is 20.2 Å². The fraction of sp³-hybridized carbons (Fsp3) is 0.867. The van der Waals surface area contributed by atoms with E-state index in [1.807, 2.05) is 0 Å². The largest absolute Gasteiger partial charge is 0.376 e. The fourth-order valence-corrected chi connectivity index (χ4v) is 3.88. The first-order valence-corrected chi connectivity index (χ1v) is 7.75. The van der Waals surface area contributed by atoms with Crippen LogP contribution in [-0.4, -0.2) is 48.1 Å². The van der Waals surface area contributed by atoms with Gasteiger partial charge in [0.05, 0.1) is 18.7 Å². The van der Waals surface area contributed by atoms with Gasteiger partial charge in [0, 0.05) is 7.11 Å². The molecule has 3 rings (SSSR count). The lowest BCUT2D eigenvalue weighted by atomic mass is 9.76. The van der Waals surface area contributed by atoms with E-state index in [9.17, 15) is 9.59 Å². The van der Waals surface area contributed by atoms with Gasteiger partial charge in [-0.25, -0.2) is 0 Å². The standard InChI is InChI=1S/C15H24N2O3/c1-20-14(6-5-7-14)11-17-10-12(18)16-15(13(17)19)8-3-2-4-9-15/h2-11H2,1H3,(H,16,18). The maximum atomic E-state index is 12.8. The van der Waals surface area contributed by atoms with Gasteiger partial charge in [0.1, 0.15) is 5.54 Å². The number of nitrogens with zero attached hydrogens (tertiary/aromatic N) is 1. The van der Waals surface area contributed by atoms with E-state index in [2.05, 4.69) is 5.32 Å². The summed E-state index contributed by atoms with van der Waals surface area (Å²) in [6.07, 6.45) is 7.90. The van der Waals surface area contributed by atoms with Crippen molar-refractivity contribution >= 4 is 11.8 Å². The van der Waals surface area contributed by atoms with E-state index in [4.69, 9.17) is 4.74 Å². The van der Waals surface area contributed by atoms with Gasteiger partial charge in [0.15, 0.2) is 0 Å². The molecule has 2 aliphatic carbocycles. The Morgan fingerprint density at radius 3 is 2.35 bits per heavy atom. The summed E-state index contributed by atoms with van der Waals surface area (Å²) in [6, 6.07) is 0. The molecular weight excluding hydrogens is 256 g/mol. The Hall–Kier alpha value is -1.10. The summed E-state index contributed by atoms with van der Waals surface area (Å²) in [4.78, 5) is 26.6. The zero-order valence-corrected chi connectivity index (χ0v) is 12.2. The molecule has 1 spiro atoms. The molecule has 0 aromatic carbocycles. The normalized spacial score (nSPS) is 28.1. The molecule has 0 aromatic heterocycles. The van der Waals surface area contributed by atoms with E-state index in [-0.39, 0.29) is 24.0 Å². The molecule has 0 aromatic rings. The van der Waals surface area contributed by atoms with Crippen LogP contribution in [0.1, 0.15) is 51.4 Å². The van der Waals surface area contributed by atoms with E-state index < -0.39 is 5.54 Å². The second-order valence-electron chi connectivity index (χ2n) is 6.59. The fourth-order valence-electron chi connectivity index (χ4n) is 3.88. The van der Waals surface area contributed by atoms with Crippen LogP contribution in [0.2, 0.25) is 0 Å². The van der Waals surface area contributed by atoms with Crippen molar-refractivity contribution in [1.82, 2.24) is 10.2 Å². The number of nitrogens with one attached hydrogen (secondary N) is 1. The average Bonchev–Trinajstić information content (AvgIpc) is 2.40. The lowest BCUT2D eigenvalue weighted by molar-refractivity contribution is -0.159.